The van der Waals surface area contributed by atoms with Crippen LogP contribution in [0.15, 0.2) is 0 Å². The first-order chi connectivity index (χ1) is 8.71. The summed E-state index contributed by atoms with van der Waals surface area (Å²) in [6, 6.07) is 1.32. The summed E-state index contributed by atoms with van der Waals surface area (Å²) in [5.74, 6) is 0. The van der Waals surface area contributed by atoms with Gasteiger partial charge in [0.2, 0.25) is 0 Å². The summed E-state index contributed by atoms with van der Waals surface area (Å²) in [6.45, 7) is 8.50. The van der Waals surface area contributed by atoms with E-state index in [2.05, 4.69) is 24.1 Å². The minimum atomic E-state index is 0.192. The summed E-state index contributed by atoms with van der Waals surface area (Å²) in [5.41, 5.74) is 0. The van der Waals surface area contributed by atoms with Gasteiger partial charge in [0.25, 0.3) is 0 Å². The van der Waals surface area contributed by atoms with Crippen molar-refractivity contribution in [2.24, 2.45) is 0 Å². The first-order valence-electron chi connectivity index (χ1n) is 7.20. The number of ether oxygens (including phenoxy) is 2. The topological polar surface area (TPSA) is 33.7 Å². The number of methoxy groups -OCH3 is 2. The average molecular weight is 258 g/mol. The largest absolute Gasteiger partial charge is 0.382 e. The second-order valence-electron chi connectivity index (χ2n) is 5.33. The lowest BCUT2D eigenvalue weighted by molar-refractivity contribution is -0.00906. The molecule has 0 amide bonds. The molecule has 1 heterocycles. The Morgan fingerprint density at radius 3 is 2.72 bits per heavy atom. The molecule has 3 unspecified atom stereocenters. The zero-order chi connectivity index (χ0) is 13.4. The summed E-state index contributed by atoms with van der Waals surface area (Å²) < 4.78 is 10.6. The van der Waals surface area contributed by atoms with E-state index in [-0.39, 0.29) is 6.10 Å². The van der Waals surface area contributed by atoms with E-state index < -0.39 is 0 Å². The highest BCUT2D eigenvalue weighted by Crippen LogP contribution is 2.18. The van der Waals surface area contributed by atoms with Gasteiger partial charge >= 0.3 is 0 Å². The predicted molar refractivity (Wildman–Crippen MR) is 75.0 cm³/mol. The minimum absolute atomic E-state index is 0.192. The molecule has 0 bridgehead atoms. The van der Waals surface area contributed by atoms with Gasteiger partial charge in [-0.25, -0.2) is 0 Å². The Bertz CT molecular complexity index is 214. The van der Waals surface area contributed by atoms with E-state index in [0.29, 0.717) is 18.7 Å². The van der Waals surface area contributed by atoms with Gasteiger partial charge in [-0.15, -0.1) is 0 Å². The highest BCUT2D eigenvalue weighted by Gasteiger charge is 2.26. The molecule has 0 aromatic heterocycles. The van der Waals surface area contributed by atoms with Gasteiger partial charge < -0.3 is 14.8 Å². The molecule has 1 aliphatic heterocycles. The molecule has 1 fully saturated rings. The number of hydrogen-bond donors (Lipinski definition) is 1. The van der Waals surface area contributed by atoms with Crippen molar-refractivity contribution in [2.45, 2.75) is 51.3 Å². The molecule has 1 saturated heterocycles. The Hall–Kier alpha value is -0.160. The zero-order valence-corrected chi connectivity index (χ0v) is 12.4. The van der Waals surface area contributed by atoms with Crippen LogP contribution in [0.4, 0.5) is 0 Å². The molecule has 1 rings (SSSR count). The van der Waals surface area contributed by atoms with Crippen LogP contribution in [-0.2, 0) is 9.47 Å². The Labute approximate surface area is 112 Å². The maximum Gasteiger partial charge on any atom is 0.0931 e. The molecule has 3 atom stereocenters. The minimum Gasteiger partial charge on any atom is -0.382 e. The Kier molecular flexibility index (Phi) is 7.82. The van der Waals surface area contributed by atoms with Gasteiger partial charge in [-0.2, -0.15) is 0 Å². The van der Waals surface area contributed by atoms with Crippen LogP contribution in [0.1, 0.15) is 33.1 Å². The highest BCUT2D eigenvalue weighted by atomic mass is 16.5. The van der Waals surface area contributed by atoms with Gasteiger partial charge in [-0.1, -0.05) is 6.92 Å². The van der Waals surface area contributed by atoms with Crippen LogP contribution in [-0.4, -0.2) is 63.5 Å². The SMILES string of the molecule is CCCNC1CCN(CC(COC)OC)C(C)C1. The van der Waals surface area contributed by atoms with Gasteiger partial charge in [0.05, 0.1) is 12.7 Å². The lowest BCUT2D eigenvalue weighted by Gasteiger charge is -2.39. The fourth-order valence-electron chi connectivity index (χ4n) is 2.67. The number of hydrogen-bond acceptors (Lipinski definition) is 4. The molecule has 4 nitrogen and oxygen atoms in total. The van der Waals surface area contributed by atoms with Crippen LogP contribution in [0.3, 0.4) is 0 Å². The Morgan fingerprint density at radius 1 is 1.39 bits per heavy atom. The number of nitrogens with zero attached hydrogens (tertiary/aromatic N) is 1. The predicted octanol–water partition coefficient (Wildman–Crippen LogP) is 1.50. The monoisotopic (exact) mass is 258 g/mol. The smallest absolute Gasteiger partial charge is 0.0931 e. The molecular weight excluding hydrogens is 228 g/mol. The second-order valence-corrected chi connectivity index (χ2v) is 5.33. The Morgan fingerprint density at radius 2 is 2.17 bits per heavy atom. The van der Waals surface area contributed by atoms with E-state index in [1.165, 1.54) is 19.3 Å². The van der Waals surface area contributed by atoms with Gasteiger partial charge in [0.1, 0.15) is 0 Å². The molecule has 0 aliphatic carbocycles. The molecule has 1 N–H and O–H groups in total. The standard InChI is InChI=1S/C14H30N2O2/c1-5-7-15-13-6-8-16(12(2)9-13)10-14(18-4)11-17-3/h12-15H,5-11H2,1-4H3. The van der Waals surface area contributed by atoms with E-state index in [1.54, 1.807) is 14.2 Å². The van der Waals surface area contributed by atoms with Crippen LogP contribution < -0.4 is 5.32 Å². The number of likely N-dealkylation sites (tertiary alicyclic amines) is 1. The maximum absolute atomic E-state index is 5.45. The van der Waals surface area contributed by atoms with Crippen molar-refractivity contribution < 1.29 is 9.47 Å². The third kappa shape index (κ3) is 5.22. The van der Waals surface area contributed by atoms with Gasteiger partial charge in [-0.3, -0.25) is 4.90 Å². The highest BCUT2D eigenvalue weighted by molar-refractivity contribution is 4.84. The Balaban J connectivity index is 2.32. The van der Waals surface area contributed by atoms with Crippen molar-refractivity contribution >= 4 is 0 Å². The van der Waals surface area contributed by atoms with Gasteiger partial charge in [0.15, 0.2) is 0 Å². The molecule has 1 aliphatic rings. The molecular formula is C14H30N2O2. The van der Waals surface area contributed by atoms with Crippen molar-refractivity contribution in [1.29, 1.82) is 0 Å². The number of piperidine rings is 1. The molecule has 18 heavy (non-hydrogen) atoms. The molecule has 0 radical (unpaired) electrons. The second kappa shape index (κ2) is 8.86. The fourth-order valence-corrected chi connectivity index (χ4v) is 2.67. The average Bonchev–Trinajstić information content (AvgIpc) is 2.38. The van der Waals surface area contributed by atoms with Crippen LogP contribution >= 0.6 is 0 Å². The first-order valence-corrected chi connectivity index (χ1v) is 7.20. The van der Waals surface area contributed by atoms with Crippen LogP contribution in [0.5, 0.6) is 0 Å². The fraction of sp³-hybridized carbons (Fsp3) is 1.00. The van der Waals surface area contributed by atoms with Crippen molar-refractivity contribution in [3.05, 3.63) is 0 Å². The summed E-state index contributed by atoms with van der Waals surface area (Å²) in [6.07, 6.45) is 3.89. The number of nitrogens with one attached hydrogen (secondary N) is 1. The summed E-state index contributed by atoms with van der Waals surface area (Å²) in [5, 5.41) is 3.63. The molecule has 0 aromatic carbocycles. The molecule has 4 heteroatoms. The molecule has 108 valence electrons. The quantitative estimate of drug-likeness (QED) is 0.715. The van der Waals surface area contributed by atoms with Crippen molar-refractivity contribution in [3.63, 3.8) is 0 Å². The van der Waals surface area contributed by atoms with Crippen LogP contribution in [0.2, 0.25) is 0 Å². The first kappa shape index (κ1) is 15.9. The zero-order valence-electron chi connectivity index (χ0n) is 12.4. The molecule has 0 spiro atoms. The van der Waals surface area contributed by atoms with Crippen molar-refractivity contribution in [2.75, 3.05) is 40.5 Å². The maximum atomic E-state index is 5.45. The summed E-state index contributed by atoms with van der Waals surface area (Å²) in [7, 11) is 3.50. The van der Waals surface area contributed by atoms with E-state index >= 15 is 0 Å². The van der Waals surface area contributed by atoms with E-state index in [0.717, 1.165) is 19.6 Å². The molecule has 0 saturated carbocycles. The lowest BCUT2D eigenvalue weighted by atomic mass is 9.97. The lowest BCUT2D eigenvalue weighted by Crippen LogP contribution is -2.50. The van der Waals surface area contributed by atoms with E-state index in [9.17, 15) is 0 Å². The van der Waals surface area contributed by atoms with Gasteiger partial charge in [0, 0.05) is 39.4 Å². The van der Waals surface area contributed by atoms with Crippen LogP contribution in [0.25, 0.3) is 0 Å². The molecule has 0 aromatic rings. The summed E-state index contributed by atoms with van der Waals surface area (Å²) in [4.78, 5) is 2.53. The third-order valence-corrected chi connectivity index (χ3v) is 3.82. The number of rotatable bonds is 8. The van der Waals surface area contributed by atoms with Crippen molar-refractivity contribution in [3.8, 4) is 0 Å². The van der Waals surface area contributed by atoms with Crippen molar-refractivity contribution in [1.82, 2.24) is 10.2 Å². The van der Waals surface area contributed by atoms with E-state index in [1.807, 2.05) is 0 Å². The third-order valence-electron chi connectivity index (χ3n) is 3.82. The van der Waals surface area contributed by atoms with E-state index in [4.69, 9.17) is 9.47 Å². The van der Waals surface area contributed by atoms with Gasteiger partial charge in [-0.05, 0) is 32.7 Å². The summed E-state index contributed by atoms with van der Waals surface area (Å²) >= 11 is 0. The normalized spacial score (nSPS) is 27.3. The van der Waals surface area contributed by atoms with Crippen LogP contribution in [0, 0.1) is 0 Å².